The standard InChI is InChI=1S/C12H14FN3O/c13-9-3-1-4-10-11(9)17-12(15-10)16-7-2-5-14-6-8-16/h1,3-4,14H,2,5-8H2. The molecule has 1 aliphatic heterocycles. The summed E-state index contributed by atoms with van der Waals surface area (Å²) in [6.45, 7) is 3.64. The lowest BCUT2D eigenvalue weighted by Gasteiger charge is -2.16. The Labute approximate surface area is 98.4 Å². The van der Waals surface area contributed by atoms with Crippen LogP contribution in [0.3, 0.4) is 0 Å². The molecule has 1 fully saturated rings. The predicted octanol–water partition coefficient (Wildman–Crippen LogP) is 1.77. The van der Waals surface area contributed by atoms with Crippen molar-refractivity contribution in [1.82, 2.24) is 10.3 Å². The van der Waals surface area contributed by atoms with Gasteiger partial charge in [-0.15, -0.1) is 0 Å². The second kappa shape index (κ2) is 4.33. The van der Waals surface area contributed by atoms with Gasteiger partial charge in [-0.05, 0) is 25.1 Å². The van der Waals surface area contributed by atoms with E-state index in [0.717, 1.165) is 32.6 Å². The molecule has 1 N–H and O–H groups in total. The van der Waals surface area contributed by atoms with E-state index in [0.29, 0.717) is 11.5 Å². The summed E-state index contributed by atoms with van der Waals surface area (Å²) < 4.78 is 19.0. The lowest BCUT2D eigenvalue weighted by Crippen LogP contribution is -2.27. The van der Waals surface area contributed by atoms with Gasteiger partial charge in [0.05, 0.1) is 0 Å². The second-order valence-corrected chi connectivity index (χ2v) is 4.18. The van der Waals surface area contributed by atoms with Crippen LogP contribution in [0.1, 0.15) is 6.42 Å². The summed E-state index contributed by atoms with van der Waals surface area (Å²) in [6.07, 6.45) is 1.04. The first kappa shape index (κ1) is 10.5. The minimum absolute atomic E-state index is 0.250. The van der Waals surface area contributed by atoms with Crippen molar-refractivity contribution < 1.29 is 8.81 Å². The summed E-state index contributed by atoms with van der Waals surface area (Å²) >= 11 is 0. The number of halogens is 1. The lowest BCUT2D eigenvalue weighted by molar-refractivity contribution is 0.539. The highest BCUT2D eigenvalue weighted by Gasteiger charge is 2.16. The average Bonchev–Trinajstić information content (AvgIpc) is 2.59. The summed E-state index contributed by atoms with van der Waals surface area (Å²) in [5, 5.41) is 3.31. The zero-order chi connectivity index (χ0) is 11.7. The van der Waals surface area contributed by atoms with Crippen molar-refractivity contribution in [1.29, 1.82) is 0 Å². The third-order valence-electron chi connectivity index (χ3n) is 2.97. The molecular weight excluding hydrogens is 221 g/mol. The van der Waals surface area contributed by atoms with Crippen molar-refractivity contribution in [2.24, 2.45) is 0 Å². The Morgan fingerprint density at radius 2 is 2.24 bits per heavy atom. The molecule has 2 heterocycles. The fourth-order valence-electron chi connectivity index (χ4n) is 2.08. The largest absolute Gasteiger partial charge is 0.420 e. The van der Waals surface area contributed by atoms with E-state index in [1.54, 1.807) is 12.1 Å². The normalized spacial score (nSPS) is 17.4. The monoisotopic (exact) mass is 235 g/mol. The highest BCUT2D eigenvalue weighted by molar-refractivity contribution is 5.75. The van der Waals surface area contributed by atoms with E-state index in [-0.39, 0.29) is 11.4 Å². The molecule has 3 rings (SSSR count). The zero-order valence-electron chi connectivity index (χ0n) is 9.45. The maximum Gasteiger partial charge on any atom is 0.298 e. The van der Waals surface area contributed by atoms with Crippen LogP contribution in [0.15, 0.2) is 22.6 Å². The summed E-state index contributed by atoms with van der Waals surface area (Å²) in [5.74, 6) is -0.353. The molecule has 0 atom stereocenters. The first-order chi connectivity index (χ1) is 8.34. The number of aromatic nitrogens is 1. The first-order valence-electron chi connectivity index (χ1n) is 5.85. The van der Waals surface area contributed by atoms with Crippen molar-refractivity contribution in [3.63, 3.8) is 0 Å². The van der Waals surface area contributed by atoms with Crippen LogP contribution in [0, 0.1) is 5.82 Å². The molecule has 5 heteroatoms. The number of fused-ring (bicyclic) bond motifs is 1. The molecule has 0 bridgehead atoms. The molecule has 0 aliphatic carbocycles. The van der Waals surface area contributed by atoms with E-state index in [2.05, 4.69) is 15.2 Å². The van der Waals surface area contributed by atoms with Gasteiger partial charge in [-0.1, -0.05) is 6.07 Å². The Morgan fingerprint density at radius 3 is 3.12 bits per heavy atom. The molecule has 0 unspecified atom stereocenters. The van der Waals surface area contributed by atoms with Gasteiger partial charge >= 0.3 is 0 Å². The number of para-hydroxylation sites is 1. The fraction of sp³-hybridized carbons (Fsp3) is 0.417. The number of hydrogen-bond donors (Lipinski definition) is 1. The number of nitrogens with one attached hydrogen (secondary N) is 1. The molecular formula is C12H14FN3O. The topological polar surface area (TPSA) is 41.3 Å². The van der Waals surface area contributed by atoms with Gasteiger partial charge in [0.25, 0.3) is 6.01 Å². The van der Waals surface area contributed by atoms with Crippen LogP contribution in [-0.4, -0.2) is 31.2 Å². The van der Waals surface area contributed by atoms with Crippen molar-refractivity contribution in [3.8, 4) is 0 Å². The van der Waals surface area contributed by atoms with Gasteiger partial charge in [-0.2, -0.15) is 4.98 Å². The molecule has 90 valence electrons. The van der Waals surface area contributed by atoms with E-state index in [4.69, 9.17) is 4.42 Å². The highest BCUT2D eigenvalue weighted by atomic mass is 19.1. The van der Waals surface area contributed by atoms with E-state index < -0.39 is 0 Å². The van der Waals surface area contributed by atoms with Crippen LogP contribution in [0.2, 0.25) is 0 Å². The van der Waals surface area contributed by atoms with E-state index >= 15 is 0 Å². The molecule has 0 spiro atoms. The van der Waals surface area contributed by atoms with Gasteiger partial charge in [-0.25, -0.2) is 4.39 Å². The zero-order valence-corrected chi connectivity index (χ0v) is 9.45. The van der Waals surface area contributed by atoms with Gasteiger partial charge in [0, 0.05) is 19.6 Å². The minimum atomic E-state index is -0.353. The number of oxazole rings is 1. The van der Waals surface area contributed by atoms with E-state index in [1.165, 1.54) is 6.07 Å². The highest BCUT2D eigenvalue weighted by Crippen LogP contribution is 2.24. The Bertz CT molecular complexity index is 517. The van der Waals surface area contributed by atoms with Crippen molar-refractivity contribution in [2.45, 2.75) is 6.42 Å². The summed E-state index contributed by atoms with van der Waals surface area (Å²) in [6, 6.07) is 5.32. The van der Waals surface area contributed by atoms with Gasteiger partial charge in [0.2, 0.25) is 0 Å². The Hall–Kier alpha value is -1.62. The smallest absolute Gasteiger partial charge is 0.298 e. The lowest BCUT2D eigenvalue weighted by atomic mass is 10.3. The molecule has 0 amide bonds. The molecule has 4 nitrogen and oxygen atoms in total. The SMILES string of the molecule is Fc1cccc2nc(N3CCCNCC3)oc12. The molecule has 0 saturated carbocycles. The predicted molar refractivity (Wildman–Crippen MR) is 63.7 cm³/mol. The average molecular weight is 235 g/mol. The van der Waals surface area contributed by atoms with Crippen LogP contribution in [0.25, 0.3) is 11.1 Å². The quantitative estimate of drug-likeness (QED) is 0.817. The van der Waals surface area contributed by atoms with Crippen molar-refractivity contribution >= 4 is 17.1 Å². The Morgan fingerprint density at radius 1 is 1.29 bits per heavy atom. The molecule has 1 aromatic heterocycles. The summed E-state index contributed by atoms with van der Waals surface area (Å²) in [5.41, 5.74) is 0.830. The number of benzene rings is 1. The van der Waals surface area contributed by atoms with Crippen LogP contribution in [0.5, 0.6) is 0 Å². The molecule has 1 aliphatic rings. The van der Waals surface area contributed by atoms with Crippen LogP contribution in [-0.2, 0) is 0 Å². The number of nitrogens with zero attached hydrogens (tertiary/aromatic N) is 2. The minimum Gasteiger partial charge on any atom is -0.420 e. The Kier molecular flexibility index (Phi) is 2.68. The van der Waals surface area contributed by atoms with E-state index in [9.17, 15) is 4.39 Å². The molecule has 0 radical (unpaired) electrons. The van der Waals surface area contributed by atoms with E-state index in [1.807, 2.05) is 0 Å². The van der Waals surface area contributed by atoms with Crippen LogP contribution < -0.4 is 10.2 Å². The first-order valence-corrected chi connectivity index (χ1v) is 5.85. The molecule has 2 aromatic rings. The van der Waals surface area contributed by atoms with Crippen LogP contribution >= 0.6 is 0 Å². The van der Waals surface area contributed by atoms with Gasteiger partial charge in [-0.3, -0.25) is 0 Å². The third kappa shape index (κ3) is 1.98. The third-order valence-corrected chi connectivity index (χ3v) is 2.97. The van der Waals surface area contributed by atoms with Crippen molar-refractivity contribution in [2.75, 3.05) is 31.1 Å². The maximum atomic E-state index is 13.5. The molecule has 1 saturated heterocycles. The molecule has 1 aromatic carbocycles. The number of hydrogen-bond acceptors (Lipinski definition) is 4. The number of rotatable bonds is 1. The van der Waals surface area contributed by atoms with Gasteiger partial charge in [0.15, 0.2) is 11.4 Å². The number of anilines is 1. The van der Waals surface area contributed by atoms with Gasteiger partial charge in [0.1, 0.15) is 5.52 Å². The summed E-state index contributed by atoms with van der Waals surface area (Å²) in [7, 11) is 0. The van der Waals surface area contributed by atoms with Gasteiger partial charge < -0.3 is 14.6 Å². The van der Waals surface area contributed by atoms with Crippen molar-refractivity contribution in [3.05, 3.63) is 24.0 Å². The Balaban J connectivity index is 1.96. The second-order valence-electron chi connectivity index (χ2n) is 4.18. The maximum absolute atomic E-state index is 13.5. The molecule has 17 heavy (non-hydrogen) atoms. The van der Waals surface area contributed by atoms with Crippen LogP contribution in [0.4, 0.5) is 10.4 Å². The summed E-state index contributed by atoms with van der Waals surface area (Å²) in [4.78, 5) is 6.39. The fourth-order valence-corrected chi connectivity index (χ4v) is 2.08.